The molecule has 0 unspecified atom stereocenters. The lowest BCUT2D eigenvalue weighted by molar-refractivity contribution is 0.103. The van der Waals surface area contributed by atoms with Gasteiger partial charge in [0.25, 0.3) is 0 Å². The number of benzene rings is 1. The van der Waals surface area contributed by atoms with Gasteiger partial charge in [-0.15, -0.1) is 0 Å². The van der Waals surface area contributed by atoms with Gasteiger partial charge in [-0.05, 0) is 36.8 Å². The Morgan fingerprint density at radius 3 is 2.83 bits per heavy atom. The van der Waals surface area contributed by atoms with Crippen molar-refractivity contribution in [1.29, 1.82) is 0 Å². The van der Waals surface area contributed by atoms with Gasteiger partial charge in [0.05, 0.1) is 11.0 Å². The first-order valence-corrected chi connectivity index (χ1v) is 6.55. The van der Waals surface area contributed by atoms with E-state index in [1.165, 1.54) is 31.4 Å². The zero-order valence-corrected chi connectivity index (χ0v) is 10.6. The number of hydrogen-bond donors (Lipinski definition) is 1. The van der Waals surface area contributed by atoms with Crippen LogP contribution in [0.5, 0.6) is 0 Å². The Kier molecular flexibility index (Phi) is 2.54. The van der Waals surface area contributed by atoms with Crippen LogP contribution in [0.1, 0.15) is 32.6 Å². The second-order valence-electron chi connectivity index (χ2n) is 5.40. The summed E-state index contributed by atoms with van der Waals surface area (Å²) < 4.78 is 15.2. The molecule has 0 amide bonds. The topological polar surface area (TPSA) is 43.8 Å². The van der Waals surface area contributed by atoms with E-state index < -0.39 is 0 Å². The molecule has 96 valence electrons. The van der Waals surface area contributed by atoms with Crippen LogP contribution in [0.25, 0.3) is 11.0 Å². The highest BCUT2D eigenvalue weighted by Crippen LogP contribution is 2.46. The largest absolute Gasteiger partial charge is 0.369 e. The van der Waals surface area contributed by atoms with Crippen molar-refractivity contribution in [2.75, 3.05) is 5.73 Å². The fraction of sp³-hybridized carbons (Fsp3) is 0.500. The monoisotopic (exact) mass is 247 g/mol. The molecule has 2 N–H and O–H groups in total. The second kappa shape index (κ2) is 3.97. The van der Waals surface area contributed by atoms with Crippen molar-refractivity contribution in [3.63, 3.8) is 0 Å². The van der Waals surface area contributed by atoms with Crippen molar-refractivity contribution >= 4 is 17.0 Å². The summed E-state index contributed by atoms with van der Waals surface area (Å²) in [5.41, 5.74) is 7.93. The molecular formula is C14H18FN3. The predicted molar refractivity (Wildman–Crippen MR) is 70.7 cm³/mol. The molecule has 1 aliphatic carbocycles. The van der Waals surface area contributed by atoms with E-state index in [1.54, 1.807) is 6.07 Å². The molecule has 0 saturated heterocycles. The third-order valence-electron chi connectivity index (χ3n) is 4.40. The van der Waals surface area contributed by atoms with Crippen LogP contribution >= 0.6 is 0 Å². The SMILES string of the molecule is CCC1(Cn2c(N)nc3cc(F)ccc32)CCC1. The lowest BCUT2D eigenvalue weighted by atomic mass is 9.67. The van der Waals surface area contributed by atoms with Crippen molar-refractivity contribution < 1.29 is 4.39 Å². The Morgan fingerprint density at radius 1 is 1.44 bits per heavy atom. The molecule has 3 rings (SSSR count). The molecule has 0 atom stereocenters. The molecule has 1 aliphatic rings. The highest BCUT2D eigenvalue weighted by atomic mass is 19.1. The van der Waals surface area contributed by atoms with Gasteiger partial charge in [-0.3, -0.25) is 0 Å². The van der Waals surface area contributed by atoms with Crippen molar-refractivity contribution in [3.8, 4) is 0 Å². The van der Waals surface area contributed by atoms with E-state index in [9.17, 15) is 4.39 Å². The Bertz CT molecular complexity index is 578. The summed E-state index contributed by atoms with van der Waals surface area (Å²) in [4.78, 5) is 4.25. The molecule has 0 aliphatic heterocycles. The van der Waals surface area contributed by atoms with E-state index >= 15 is 0 Å². The number of nitrogens with zero attached hydrogens (tertiary/aromatic N) is 2. The van der Waals surface area contributed by atoms with E-state index in [2.05, 4.69) is 11.9 Å². The maximum Gasteiger partial charge on any atom is 0.201 e. The minimum absolute atomic E-state index is 0.263. The summed E-state index contributed by atoms with van der Waals surface area (Å²) in [6.07, 6.45) is 4.97. The first kappa shape index (κ1) is 11.5. The normalized spacial score (nSPS) is 17.9. The van der Waals surface area contributed by atoms with E-state index in [0.29, 0.717) is 16.9 Å². The number of nitrogen functional groups attached to an aromatic ring is 1. The van der Waals surface area contributed by atoms with Gasteiger partial charge in [-0.2, -0.15) is 0 Å². The van der Waals surface area contributed by atoms with Crippen LogP contribution < -0.4 is 5.73 Å². The smallest absolute Gasteiger partial charge is 0.201 e. The third kappa shape index (κ3) is 1.67. The van der Waals surface area contributed by atoms with Crippen molar-refractivity contribution in [2.24, 2.45) is 5.41 Å². The molecule has 1 aromatic heterocycles. The van der Waals surface area contributed by atoms with Crippen LogP contribution in [-0.4, -0.2) is 9.55 Å². The Morgan fingerprint density at radius 2 is 2.22 bits per heavy atom. The number of rotatable bonds is 3. The molecule has 3 nitrogen and oxygen atoms in total. The Hall–Kier alpha value is -1.58. The highest BCUT2D eigenvalue weighted by molar-refractivity contribution is 5.78. The summed E-state index contributed by atoms with van der Waals surface area (Å²) >= 11 is 0. The Balaban J connectivity index is 2.03. The summed E-state index contributed by atoms with van der Waals surface area (Å²) in [6, 6.07) is 4.69. The minimum atomic E-state index is -0.263. The fourth-order valence-electron chi connectivity index (χ4n) is 2.92. The van der Waals surface area contributed by atoms with Crippen LogP contribution in [0, 0.1) is 11.2 Å². The van der Waals surface area contributed by atoms with Crippen molar-refractivity contribution in [1.82, 2.24) is 9.55 Å². The molecule has 0 bridgehead atoms. The molecule has 2 aromatic rings. The highest BCUT2D eigenvalue weighted by Gasteiger charge is 2.36. The molecule has 0 radical (unpaired) electrons. The van der Waals surface area contributed by atoms with Crippen LogP contribution in [0.3, 0.4) is 0 Å². The molecule has 1 saturated carbocycles. The zero-order chi connectivity index (χ0) is 12.8. The molecule has 4 heteroatoms. The minimum Gasteiger partial charge on any atom is -0.369 e. The van der Waals surface area contributed by atoms with Gasteiger partial charge in [0.2, 0.25) is 5.95 Å². The maximum absolute atomic E-state index is 13.2. The molecule has 1 fully saturated rings. The molecule has 0 spiro atoms. The van der Waals surface area contributed by atoms with Gasteiger partial charge in [0, 0.05) is 12.6 Å². The number of aromatic nitrogens is 2. The maximum atomic E-state index is 13.2. The van der Waals surface area contributed by atoms with Gasteiger partial charge in [-0.25, -0.2) is 9.37 Å². The predicted octanol–water partition coefficient (Wildman–Crippen LogP) is 3.34. The average Bonchev–Trinajstić information content (AvgIpc) is 2.59. The third-order valence-corrected chi connectivity index (χ3v) is 4.40. The van der Waals surface area contributed by atoms with Gasteiger partial charge in [0.15, 0.2) is 0 Å². The summed E-state index contributed by atoms with van der Waals surface area (Å²) in [6.45, 7) is 3.13. The van der Waals surface area contributed by atoms with Crippen LogP contribution in [0.15, 0.2) is 18.2 Å². The van der Waals surface area contributed by atoms with Crippen LogP contribution in [-0.2, 0) is 6.54 Å². The van der Waals surface area contributed by atoms with E-state index in [1.807, 2.05) is 4.57 Å². The van der Waals surface area contributed by atoms with E-state index in [-0.39, 0.29) is 5.82 Å². The Labute approximate surface area is 106 Å². The van der Waals surface area contributed by atoms with Gasteiger partial charge in [-0.1, -0.05) is 13.3 Å². The zero-order valence-electron chi connectivity index (χ0n) is 10.6. The molecule has 1 heterocycles. The number of anilines is 1. The second-order valence-corrected chi connectivity index (χ2v) is 5.40. The van der Waals surface area contributed by atoms with E-state index in [0.717, 1.165) is 18.5 Å². The lowest BCUT2D eigenvalue weighted by Gasteiger charge is -2.41. The number of hydrogen-bond acceptors (Lipinski definition) is 2. The van der Waals surface area contributed by atoms with Gasteiger partial charge < -0.3 is 10.3 Å². The first-order valence-electron chi connectivity index (χ1n) is 6.55. The quantitative estimate of drug-likeness (QED) is 0.904. The average molecular weight is 247 g/mol. The lowest BCUT2D eigenvalue weighted by Crippen LogP contribution is -2.33. The molecular weight excluding hydrogens is 229 g/mol. The van der Waals surface area contributed by atoms with Crippen molar-refractivity contribution in [3.05, 3.63) is 24.0 Å². The first-order chi connectivity index (χ1) is 8.63. The number of halogens is 1. The summed E-state index contributed by atoms with van der Waals surface area (Å²) in [5.74, 6) is 0.233. The van der Waals surface area contributed by atoms with E-state index in [4.69, 9.17) is 5.73 Å². The molecule has 18 heavy (non-hydrogen) atoms. The van der Waals surface area contributed by atoms with Crippen molar-refractivity contribution in [2.45, 2.75) is 39.2 Å². The summed E-state index contributed by atoms with van der Waals surface area (Å²) in [5, 5.41) is 0. The fourth-order valence-corrected chi connectivity index (χ4v) is 2.92. The standard InChI is InChI=1S/C14H18FN3/c1-2-14(6-3-7-14)9-18-12-5-4-10(15)8-11(12)17-13(18)16/h4-5,8H,2-3,6-7,9H2,1H3,(H2,16,17). The number of nitrogens with two attached hydrogens (primary N) is 1. The number of imidazole rings is 1. The van der Waals surface area contributed by atoms with Gasteiger partial charge in [0.1, 0.15) is 5.82 Å². The summed E-state index contributed by atoms with van der Waals surface area (Å²) in [7, 11) is 0. The van der Waals surface area contributed by atoms with Crippen LogP contribution in [0.4, 0.5) is 10.3 Å². The van der Waals surface area contributed by atoms with Gasteiger partial charge >= 0.3 is 0 Å². The number of fused-ring (bicyclic) bond motifs is 1. The molecule has 1 aromatic carbocycles. The van der Waals surface area contributed by atoms with Crippen LogP contribution in [0.2, 0.25) is 0 Å².